The molecule has 2 amide bonds. The number of imide groups is 1. The smallest absolute Gasteiger partial charge is 0.247 e. The number of carbonyl (C=O) groups is 2. The highest BCUT2D eigenvalue weighted by Crippen LogP contribution is 2.36. The summed E-state index contributed by atoms with van der Waals surface area (Å²) < 4.78 is 0. The Morgan fingerprint density at radius 3 is 2.73 bits per heavy atom. The van der Waals surface area contributed by atoms with Crippen molar-refractivity contribution in [1.82, 2.24) is 4.98 Å². The van der Waals surface area contributed by atoms with Crippen molar-refractivity contribution in [3.8, 4) is 6.07 Å². The SMILES string of the molecule is Cc1ccc(N2C(=O)C[C@H](Sc3nc4c(cc3C#N)CCC4)C2=O)cc1. The lowest BCUT2D eigenvalue weighted by Gasteiger charge is -2.15. The van der Waals surface area contributed by atoms with E-state index in [2.05, 4.69) is 11.1 Å². The van der Waals surface area contributed by atoms with Crippen LogP contribution in [0, 0.1) is 18.3 Å². The van der Waals surface area contributed by atoms with Gasteiger partial charge in [-0.3, -0.25) is 9.59 Å². The molecule has 1 aliphatic heterocycles. The molecule has 0 unspecified atom stereocenters. The number of pyridine rings is 1. The van der Waals surface area contributed by atoms with Crippen LogP contribution >= 0.6 is 11.8 Å². The fourth-order valence-corrected chi connectivity index (χ4v) is 4.52. The molecule has 0 bridgehead atoms. The fourth-order valence-electron chi connectivity index (χ4n) is 3.42. The molecule has 26 heavy (non-hydrogen) atoms. The van der Waals surface area contributed by atoms with Crippen LogP contribution in [0.1, 0.15) is 35.2 Å². The first kappa shape index (κ1) is 16.8. The van der Waals surface area contributed by atoms with Gasteiger partial charge in [-0.2, -0.15) is 5.26 Å². The van der Waals surface area contributed by atoms with Crippen molar-refractivity contribution in [1.29, 1.82) is 5.26 Å². The maximum atomic E-state index is 12.8. The van der Waals surface area contributed by atoms with Gasteiger partial charge in [0.2, 0.25) is 11.8 Å². The predicted molar refractivity (Wildman–Crippen MR) is 98.9 cm³/mol. The minimum Gasteiger partial charge on any atom is -0.274 e. The second-order valence-corrected chi connectivity index (χ2v) is 7.82. The molecular weight excluding hydrogens is 346 g/mol. The van der Waals surface area contributed by atoms with Gasteiger partial charge < -0.3 is 0 Å². The third-order valence-corrected chi connectivity index (χ3v) is 5.97. The third kappa shape index (κ3) is 2.89. The Kier molecular flexibility index (Phi) is 4.25. The summed E-state index contributed by atoms with van der Waals surface area (Å²) in [6.07, 6.45) is 3.02. The first-order chi connectivity index (χ1) is 12.6. The van der Waals surface area contributed by atoms with Gasteiger partial charge in [-0.25, -0.2) is 9.88 Å². The summed E-state index contributed by atoms with van der Waals surface area (Å²) >= 11 is 1.24. The van der Waals surface area contributed by atoms with Crippen LogP contribution in [0.25, 0.3) is 0 Å². The Labute approximate surface area is 156 Å². The number of amides is 2. The largest absolute Gasteiger partial charge is 0.274 e. The summed E-state index contributed by atoms with van der Waals surface area (Å²) in [5, 5.41) is 9.45. The summed E-state index contributed by atoms with van der Waals surface area (Å²) in [4.78, 5) is 31.1. The third-order valence-electron chi connectivity index (χ3n) is 4.79. The number of nitriles is 1. The summed E-state index contributed by atoms with van der Waals surface area (Å²) in [6.45, 7) is 1.96. The molecule has 6 heteroatoms. The number of rotatable bonds is 3. The molecular formula is C20H17N3O2S. The molecule has 1 atom stereocenters. The molecule has 1 fully saturated rings. The second kappa shape index (κ2) is 6.58. The molecule has 1 saturated heterocycles. The topological polar surface area (TPSA) is 74.1 Å². The Morgan fingerprint density at radius 2 is 2.00 bits per heavy atom. The van der Waals surface area contributed by atoms with Gasteiger partial charge in [0.15, 0.2) is 0 Å². The maximum Gasteiger partial charge on any atom is 0.247 e. The van der Waals surface area contributed by atoms with Crippen molar-refractivity contribution in [2.24, 2.45) is 0 Å². The van der Waals surface area contributed by atoms with Crippen molar-refractivity contribution in [2.75, 3.05) is 4.90 Å². The van der Waals surface area contributed by atoms with Crippen LogP contribution in [0.4, 0.5) is 5.69 Å². The number of hydrogen-bond donors (Lipinski definition) is 0. The number of thioether (sulfide) groups is 1. The molecule has 5 nitrogen and oxygen atoms in total. The van der Waals surface area contributed by atoms with Crippen LogP contribution in [-0.2, 0) is 22.4 Å². The van der Waals surface area contributed by atoms with E-state index in [1.54, 1.807) is 12.1 Å². The van der Waals surface area contributed by atoms with Gasteiger partial charge in [0.1, 0.15) is 11.1 Å². The summed E-state index contributed by atoms with van der Waals surface area (Å²) in [5.74, 6) is -0.453. The monoisotopic (exact) mass is 363 g/mol. The number of fused-ring (bicyclic) bond motifs is 1. The van der Waals surface area contributed by atoms with Crippen molar-refractivity contribution in [2.45, 2.75) is 42.9 Å². The van der Waals surface area contributed by atoms with Gasteiger partial charge in [-0.05, 0) is 49.9 Å². The molecule has 130 valence electrons. The molecule has 1 aliphatic carbocycles. The quantitative estimate of drug-likeness (QED) is 0.783. The van der Waals surface area contributed by atoms with E-state index >= 15 is 0 Å². The molecule has 0 spiro atoms. The highest BCUT2D eigenvalue weighted by molar-refractivity contribution is 8.00. The van der Waals surface area contributed by atoms with Gasteiger partial charge in [0.05, 0.1) is 16.5 Å². The number of benzene rings is 1. The molecule has 2 heterocycles. The number of aryl methyl sites for hydroxylation is 3. The molecule has 4 rings (SSSR count). The van der Waals surface area contributed by atoms with Crippen molar-refractivity contribution in [3.63, 3.8) is 0 Å². The molecule has 0 saturated carbocycles. The van der Waals surface area contributed by atoms with Crippen molar-refractivity contribution in [3.05, 3.63) is 52.7 Å². The normalized spacial score (nSPS) is 18.9. The Morgan fingerprint density at radius 1 is 1.23 bits per heavy atom. The van der Waals surface area contributed by atoms with E-state index in [1.165, 1.54) is 16.7 Å². The van der Waals surface area contributed by atoms with Crippen molar-refractivity contribution < 1.29 is 9.59 Å². The number of hydrogen-bond acceptors (Lipinski definition) is 5. The zero-order chi connectivity index (χ0) is 18.3. The van der Waals surface area contributed by atoms with E-state index in [-0.39, 0.29) is 18.2 Å². The average molecular weight is 363 g/mol. The average Bonchev–Trinajstić information content (AvgIpc) is 3.19. The second-order valence-electron chi connectivity index (χ2n) is 6.63. The molecule has 0 radical (unpaired) electrons. The van der Waals surface area contributed by atoms with E-state index in [0.29, 0.717) is 16.3 Å². The summed E-state index contributed by atoms with van der Waals surface area (Å²) in [5.41, 5.74) is 4.29. The van der Waals surface area contributed by atoms with Crippen LogP contribution in [0.3, 0.4) is 0 Å². The molecule has 0 N–H and O–H groups in total. The van der Waals surface area contributed by atoms with E-state index in [0.717, 1.165) is 36.1 Å². The standard InChI is InChI=1S/C20H17N3O2S/c1-12-5-7-15(8-6-12)23-18(24)10-17(20(23)25)26-19-14(11-21)9-13-3-2-4-16(13)22-19/h5-9,17H,2-4,10H2,1H3/t17-/m0/s1. The Hall–Kier alpha value is -2.65. The van der Waals surface area contributed by atoms with Crippen LogP contribution in [-0.4, -0.2) is 22.0 Å². The zero-order valence-corrected chi connectivity index (χ0v) is 15.2. The van der Waals surface area contributed by atoms with E-state index in [9.17, 15) is 14.9 Å². The first-order valence-electron chi connectivity index (χ1n) is 8.60. The van der Waals surface area contributed by atoms with Crippen LogP contribution in [0.2, 0.25) is 0 Å². The summed E-state index contributed by atoms with van der Waals surface area (Å²) in [6, 6.07) is 11.4. The first-order valence-corrected chi connectivity index (χ1v) is 9.48. The van der Waals surface area contributed by atoms with Crippen molar-refractivity contribution >= 4 is 29.3 Å². The summed E-state index contributed by atoms with van der Waals surface area (Å²) in [7, 11) is 0. The molecule has 1 aromatic carbocycles. The van der Waals surface area contributed by atoms with Gasteiger partial charge in [0, 0.05) is 12.1 Å². The van der Waals surface area contributed by atoms with Crippen LogP contribution in [0.5, 0.6) is 0 Å². The fraction of sp³-hybridized carbons (Fsp3) is 0.300. The molecule has 2 aliphatic rings. The highest BCUT2D eigenvalue weighted by atomic mass is 32.2. The minimum absolute atomic E-state index is 0.126. The minimum atomic E-state index is -0.539. The highest BCUT2D eigenvalue weighted by Gasteiger charge is 2.40. The van der Waals surface area contributed by atoms with Gasteiger partial charge in [-0.15, -0.1) is 0 Å². The Bertz CT molecular complexity index is 947. The number of anilines is 1. The zero-order valence-electron chi connectivity index (χ0n) is 14.4. The van der Waals surface area contributed by atoms with Gasteiger partial charge in [0.25, 0.3) is 0 Å². The molecule has 2 aromatic rings. The lowest BCUT2D eigenvalue weighted by atomic mass is 10.2. The lowest BCUT2D eigenvalue weighted by molar-refractivity contribution is -0.121. The van der Waals surface area contributed by atoms with Gasteiger partial charge in [-0.1, -0.05) is 29.5 Å². The van der Waals surface area contributed by atoms with E-state index in [4.69, 9.17) is 0 Å². The lowest BCUT2D eigenvalue weighted by Crippen LogP contribution is -2.31. The van der Waals surface area contributed by atoms with E-state index < -0.39 is 5.25 Å². The maximum absolute atomic E-state index is 12.8. The molecule has 1 aromatic heterocycles. The van der Waals surface area contributed by atoms with Gasteiger partial charge >= 0.3 is 0 Å². The number of carbonyl (C=O) groups excluding carboxylic acids is 2. The predicted octanol–water partition coefficient (Wildman–Crippen LogP) is 3.17. The number of nitrogens with zero attached hydrogens (tertiary/aromatic N) is 3. The van der Waals surface area contributed by atoms with Crippen LogP contribution < -0.4 is 4.90 Å². The van der Waals surface area contributed by atoms with Crippen LogP contribution in [0.15, 0.2) is 35.4 Å². The van der Waals surface area contributed by atoms with E-state index in [1.807, 2.05) is 25.1 Å². The Balaban J connectivity index is 1.60. The number of aromatic nitrogens is 1.